The van der Waals surface area contributed by atoms with Gasteiger partial charge in [-0.05, 0) is 48.4 Å². The largest absolute Gasteiger partial charge is 0.316 e. The molecule has 1 saturated heterocycles. The zero-order valence-electron chi connectivity index (χ0n) is 8.82. The maximum atomic E-state index is 4.21. The minimum atomic E-state index is 0.725. The SMILES string of the molecule is C1=C(c2cccnc2)[C@@H]2CNCC[C@@H]2C1. The van der Waals surface area contributed by atoms with E-state index in [4.69, 9.17) is 0 Å². The summed E-state index contributed by atoms with van der Waals surface area (Å²) in [6.07, 6.45) is 8.83. The van der Waals surface area contributed by atoms with E-state index in [9.17, 15) is 0 Å². The first-order valence-corrected chi connectivity index (χ1v) is 5.76. The third-order valence-electron chi connectivity index (χ3n) is 3.66. The second-order valence-electron chi connectivity index (χ2n) is 4.50. The average Bonchev–Trinajstić information content (AvgIpc) is 2.74. The lowest BCUT2D eigenvalue weighted by atomic mass is 9.84. The van der Waals surface area contributed by atoms with E-state index < -0.39 is 0 Å². The molecule has 1 aromatic rings. The van der Waals surface area contributed by atoms with Gasteiger partial charge in [0.15, 0.2) is 0 Å². The molecule has 1 N–H and O–H groups in total. The van der Waals surface area contributed by atoms with Gasteiger partial charge in [0.2, 0.25) is 0 Å². The standard InChI is InChI=1S/C13H16N2/c1-2-11(8-14-6-1)12-4-3-10-5-7-15-9-13(10)12/h1-2,4,6,8,10,13,15H,3,5,7,9H2/t10-,13+/m0/s1. The van der Waals surface area contributed by atoms with Crippen LogP contribution < -0.4 is 5.32 Å². The van der Waals surface area contributed by atoms with Crippen LogP contribution >= 0.6 is 0 Å². The highest BCUT2D eigenvalue weighted by atomic mass is 14.9. The first kappa shape index (κ1) is 9.10. The highest BCUT2D eigenvalue weighted by Gasteiger charge is 2.32. The predicted octanol–water partition coefficient (Wildman–Crippen LogP) is 2.09. The lowest BCUT2D eigenvalue weighted by Crippen LogP contribution is -2.34. The van der Waals surface area contributed by atoms with E-state index in [1.54, 1.807) is 0 Å². The van der Waals surface area contributed by atoms with Crippen LogP contribution in [-0.4, -0.2) is 18.1 Å². The normalized spacial score (nSPS) is 29.7. The summed E-state index contributed by atoms with van der Waals surface area (Å²) in [5.41, 5.74) is 2.83. The van der Waals surface area contributed by atoms with Crippen molar-refractivity contribution in [1.82, 2.24) is 10.3 Å². The zero-order chi connectivity index (χ0) is 10.1. The highest BCUT2D eigenvalue weighted by molar-refractivity contribution is 5.69. The summed E-state index contributed by atoms with van der Waals surface area (Å²) in [5, 5.41) is 3.49. The molecule has 0 spiro atoms. The van der Waals surface area contributed by atoms with Crippen LogP contribution in [-0.2, 0) is 0 Å². The van der Waals surface area contributed by atoms with Crippen LogP contribution in [0.5, 0.6) is 0 Å². The summed E-state index contributed by atoms with van der Waals surface area (Å²) in [5.74, 6) is 1.60. The smallest absolute Gasteiger partial charge is 0.0343 e. The Bertz CT molecular complexity index is 369. The number of nitrogens with zero attached hydrogens (tertiary/aromatic N) is 1. The minimum Gasteiger partial charge on any atom is -0.316 e. The Morgan fingerprint density at radius 1 is 1.40 bits per heavy atom. The fourth-order valence-electron chi connectivity index (χ4n) is 2.85. The number of allylic oxidation sites excluding steroid dienone is 1. The molecule has 0 bridgehead atoms. The Morgan fingerprint density at radius 3 is 3.27 bits per heavy atom. The Kier molecular flexibility index (Phi) is 2.29. The number of piperidine rings is 1. The zero-order valence-corrected chi connectivity index (χ0v) is 8.82. The highest BCUT2D eigenvalue weighted by Crippen LogP contribution is 2.40. The fraction of sp³-hybridized carbons (Fsp3) is 0.462. The van der Waals surface area contributed by atoms with Gasteiger partial charge < -0.3 is 5.32 Å². The van der Waals surface area contributed by atoms with Crippen LogP contribution in [0, 0.1) is 11.8 Å². The van der Waals surface area contributed by atoms with E-state index >= 15 is 0 Å². The molecule has 1 fully saturated rings. The first-order chi connectivity index (χ1) is 7.45. The van der Waals surface area contributed by atoms with Gasteiger partial charge in [0, 0.05) is 18.9 Å². The molecular weight excluding hydrogens is 184 g/mol. The molecule has 0 aromatic carbocycles. The van der Waals surface area contributed by atoms with Gasteiger partial charge in [-0.2, -0.15) is 0 Å². The number of pyridine rings is 1. The lowest BCUT2D eigenvalue weighted by Gasteiger charge is -2.28. The summed E-state index contributed by atoms with van der Waals surface area (Å²) in [6, 6.07) is 4.20. The number of rotatable bonds is 1. The Morgan fingerprint density at radius 2 is 2.40 bits per heavy atom. The fourth-order valence-corrected chi connectivity index (χ4v) is 2.85. The van der Waals surface area contributed by atoms with E-state index in [1.165, 1.54) is 30.5 Å². The molecule has 2 heteroatoms. The topological polar surface area (TPSA) is 24.9 Å². The van der Waals surface area contributed by atoms with Crippen molar-refractivity contribution in [1.29, 1.82) is 0 Å². The van der Waals surface area contributed by atoms with E-state index in [1.807, 2.05) is 18.5 Å². The quantitative estimate of drug-likeness (QED) is 0.751. The first-order valence-electron chi connectivity index (χ1n) is 5.76. The van der Waals surface area contributed by atoms with Crippen LogP contribution in [0.1, 0.15) is 18.4 Å². The van der Waals surface area contributed by atoms with Gasteiger partial charge in [0.25, 0.3) is 0 Å². The molecule has 78 valence electrons. The molecule has 0 radical (unpaired) electrons. The van der Waals surface area contributed by atoms with E-state index in [2.05, 4.69) is 22.4 Å². The summed E-state index contributed by atoms with van der Waals surface area (Å²) >= 11 is 0. The van der Waals surface area contributed by atoms with Crippen molar-refractivity contribution < 1.29 is 0 Å². The Hall–Kier alpha value is -1.15. The van der Waals surface area contributed by atoms with Crippen molar-refractivity contribution in [2.75, 3.05) is 13.1 Å². The molecule has 15 heavy (non-hydrogen) atoms. The summed E-state index contributed by atoms with van der Waals surface area (Å²) < 4.78 is 0. The molecule has 1 aromatic heterocycles. The van der Waals surface area contributed by atoms with Crippen molar-refractivity contribution in [2.45, 2.75) is 12.8 Å². The van der Waals surface area contributed by atoms with Gasteiger partial charge in [-0.25, -0.2) is 0 Å². The second-order valence-corrected chi connectivity index (χ2v) is 4.50. The van der Waals surface area contributed by atoms with Crippen LogP contribution in [0.25, 0.3) is 5.57 Å². The molecule has 0 amide bonds. The van der Waals surface area contributed by atoms with Crippen molar-refractivity contribution in [2.24, 2.45) is 11.8 Å². The van der Waals surface area contributed by atoms with Crippen molar-refractivity contribution in [3.63, 3.8) is 0 Å². The van der Waals surface area contributed by atoms with E-state index in [0.29, 0.717) is 0 Å². The number of aromatic nitrogens is 1. The number of nitrogens with one attached hydrogen (secondary N) is 1. The Balaban J connectivity index is 1.88. The third kappa shape index (κ3) is 1.59. The molecule has 3 rings (SSSR count). The van der Waals surface area contributed by atoms with Gasteiger partial charge in [0.1, 0.15) is 0 Å². The summed E-state index contributed by atoms with van der Waals surface area (Å²) in [7, 11) is 0. The molecule has 1 aliphatic carbocycles. The molecule has 1 aliphatic heterocycles. The van der Waals surface area contributed by atoms with Gasteiger partial charge >= 0.3 is 0 Å². The third-order valence-corrected chi connectivity index (χ3v) is 3.66. The maximum absolute atomic E-state index is 4.21. The number of hydrogen-bond acceptors (Lipinski definition) is 2. The van der Waals surface area contributed by atoms with Crippen LogP contribution in [0.3, 0.4) is 0 Å². The predicted molar refractivity (Wildman–Crippen MR) is 61.3 cm³/mol. The second kappa shape index (κ2) is 3.78. The molecular formula is C13H16N2. The molecule has 2 atom stereocenters. The van der Waals surface area contributed by atoms with E-state index in [-0.39, 0.29) is 0 Å². The van der Waals surface area contributed by atoms with Gasteiger partial charge in [-0.3, -0.25) is 4.98 Å². The minimum absolute atomic E-state index is 0.725. The number of hydrogen-bond donors (Lipinski definition) is 1. The van der Waals surface area contributed by atoms with Gasteiger partial charge in [0.05, 0.1) is 0 Å². The van der Waals surface area contributed by atoms with Crippen LogP contribution in [0.4, 0.5) is 0 Å². The monoisotopic (exact) mass is 200 g/mol. The Labute approximate surface area is 90.4 Å². The number of fused-ring (bicyclic) bond motifs is 1. The summed E-state index contributed by atoms with van der Waals surface area (Å²) in [4.78, 5) is 4.21. The van der Waals surface area contributed by atoms with Crippen LogP contribution in [0.2, 0.25) is 0 Å². The van der Waals surface area contributed by atoms with Gasteiger partial charge in [-0.15, -0.1) is 0 Å². The summed E-state index contributed by atoms with van der Waals surface area (Å²) in [6.45, 7) is 2.33. The molecule has 0 unspecified atom stereocenters. The maximum Gasteiger partial charge on any atom is 0.0343 e. The van der Waals surface area contributed by atoms with Crippen LogP contribution in [0.15, 0.2) is 30.6 Å². The van der Waals surface area contributed by atoms with Gasteiger partial charge in [-0.1, -0.05) is 12.1 Å². The lowest BCUT2D eigenvalue weighted by molar-refractivity contribution is 0.328. The molecule has 2 aliphatic rings. The average molecular weight is 200 g/mol. The molecule has 2 heterocycles. The van der Waals surface area contributed by atoms with Crippen molar-refractivity contribution in [3.05, 3.63) is 36.2 Å². The van der Waals surface area contributed by atoms with E-state index in [0.717, 1.165) is 18.4 Å². The van der Waals surface area contributed by atoms with Crippen molar-refractivity contribution in [3.8, 4) is 0 Å². The molecule has 0 saturated carbocycles. The molecule has 2 nitrogen and oxygen atoms in total. The van der Waals surface area contributed by atoms with Crippen molar-refractivity contribution >= 4 is 5.57 Å².